The van der Waals surface area contributed by atoms with Crippen molar-refractivity contribution < 1.29 is 0 Å². The highest BCUT2D eigenvalue weighted by molar-refractivity contribution is 5.62. The molecule has 0 atom stereocenters. The van der Waals surface area contributed by atoms with E-state index in [0.717, 1.165) is 23.7 Å². The van der Waals surface area contributed by atoms with Crippen molar-refractivity contribution in [1.29, 1.82) is 0 Å². The van der Waals surface area contributed by atoms with Crippen molar-refractivity contribution in [2.75, 3.05) is 0 Å². The van der Waals surface area contributed by atoms with E-state index in [1.165, 1.54) is 11.1 Å². The summed E-state index contributed by atoms with van der Waals surface area (Å²) in [6.45, 7) is 26.0. The summed E-state index contributed by atoms with van der Waals surface area (Å²) >= 11 is 0. The van der Waals surface area contributed by atoms with Crippen LogP contribution < -0.4 is 0 Å². The minimum absolute atomic E-state index is 0.833. The first kappa shape index (κ1) is 36.2. The van der Waals surface area contributed by atoms with Gasteiger partial charge in [0.1, 0.15) is 0 Å². The summed E-state index contributed by atoms with van der Waals surface area (Å²) in [4.78, 5) is 0. The van der Waals surface area contributed by atoms with Gasteiger partial charge in [-0.05, 0) is 34.8 Å². The van der Waals surface area contributed by atoms with E-state index in [9.17, 15) is 0 Å². The Morgan fingerprint density at radius 1 is 0.265 bits per heavy atom. The quantitative estimate of drug-likeness (QED) is 0.336. The van der Waals surface area contributed by atoms with Crippen molar-refractivity contribution in [2.45, 2.75) is 83.1 Å². The van der Waals surface area contributed by atoms with Crippen LogP contribution >= 0.6 is 0 Å². The number of hydrogen-bond acceptors (Lipinski definition) is 0. The Bertz CT molecular complexity index is 596. The van der Waals surface area contributed by atoms with Crippen molar-refractivity contribution in [3.8, 4) is 11.1 Å². The smallest absolute Gasteiger partial charge is 0.0184 e. The van der Waals surface area contributed by atoms with E-state index < -0.39 is 0 Å². The minimum Gasteiger partial charge on any atom is -0.0630 e. The monoisotopic (exact) mass is 464 g/mol. The minimum atomic E-state index is 0.833. The summed E-state index contributed by atoms with van der Waals surface area (Å²) in [6, 6.07) is 32.8. The maximum absolute atomic E-state index is 2.17. The average Bonchev–Trinajstić information content (AvgIpc) is 2.75. The van der Waals surface area contributed by atoms with Crippen molar-refractivity contribution in [1.82, 2.24) is 0 Å². The van der Waals surface area contributed by atoms with Crippen LogP contribution in [0.2, 0.25) is 0 Å². The van der Waals surface area contributed by atoms with Crippen LogP contribution in [0.25, 0.3) is 11.1 Å². The van der Waals surface area contributed by atoms with Gasteiger partial charge in [-0.25, -0.2) is 0 Å². The maximum Gasteiger partial charge on any atom is -0.0184 e. The highest BCUT2D eigenvalue weighted by atomic mass is 14.0. The van der Waals surface area contributed by atoms with Crippen LogP contribution in [-0.4, -0.2) is 0 Å². The van der Waals surface area contributed by atoms with Gasteiger partial charge in [-0.1, -0.05) is 180 Å². The Balaban J connectivity index is -0.000000374. The van der Waals surface area contributed by atoms with E-state index in [1.807, 2.05) is 48.5 Å². The van der Waals surface area contributed by atoms with Gasteiger partial charge < -0.3 is 0 Å². The van der Waals surface area contributed by atoms with Crippen LogP contribution in [0.3, 0.4) is 0 Å². The Labute approximate surface area is 214 Å². The van der Waals surface area contributed by atoms with Crippen molar-refractivity contribution in [2.24, 2.45) is 23.7 Å². The standard InChI is InChI=1S/C12H10.C6H6.4C4H10/c1-3-7-11(8-4-1)12-9-5-2-6-10-12;1-2-4-6-5-3-1;4*1-4(2)3/h1-10H;1-6H;4*4H,1-3H3. The molecule has 0 aromatic heterocycles. The molecule has 34 heavy (non-hydrogen) atoms. The summed E-state index contributed by atoms with van der Waals surface area (Å²) in [5.41, 5.74) is 2.55. The maximum atomic E-state index is 2.17. The molecule has 3 aromatic rings. The first-order valence-electron chi connectivity index (χ1n) is 13.0. The van der Waals surface area contributed by atoms with Gasteiger partial charge in [-0.15, -0.1) is 0 Å². The average molecular weight is 465 g/mol. The molecular weight excluding hydrogens is 408 g/mol. The lowest BCUT2D eigenvalue weighted by Crippen LogP contribution is -1.73. The molecule has 0 nitrogen and oxygen atoms in total. The molecule has 3 aromatic carbocycles. The highest BCUT2D eigenvalue weighted by Crippen LogP contribution is 2.17. The predicted octanol–water partition coefficient (Wildman–Crippen LogP) is 11.7. The van der Waals surface area contributed by atoms with Gasteiger partial charge in [0.2, 0.25) is 0 Å². The van der Waals surface area contributed by atoms with Crippen LogP contribution in [0.15, 0.2) is 97.1 Å². The Morgan fingerprint density at radius 2 is 0.382 bits per heavy atom. The van der Waals surface area contributed by atoms with Crippen LogP contribution in [-0.2, 0) is 0 Å². The lowest BCUT2D eigenvalue weighted by atomic mass is 10.1. The van der Waals surface area contributed by atoms with E-state index in [-0.39, 0.29) is 0 Å². The highest BCUT2D eigenvalue weighted by Gasteiger charge is 1.91. The summed E-state index contributed by atoms with van der Waals surface area (Å²) in [5, 5.41) is 0. The number of hydrogen-bond donors (Lipinski definition) is 0. The van der Waals surface area contributed by atoms with Gasteiger partial charge in [-0.3, -0.25) is 0 Å². The van der Waals surface area contributed by atoms with Gasteiger partial charge in [0.25, 0.3) is 0 Å². The van der Waals surface area contributed by atoms with E-state index >= 15 is 0 Å². The summed E-state index contributed by atoms with van der Waals surface area (Å²) in [7, 11) is 0. The topological polar surface area (TPSA) is 0 Å². The fraction of sp³-hybridized carbons (Fsp3) is 0.471. The molecule has 0 aliphatic heterocycles. The Kier molecular flexibility index (Phi) is 28.7. The van der Waals surface area contributed by atoms with Gasteiger partial charge in [0.05, 0.1) is 0 Å². The van der Waals surface area contributed by atoms with Crippen LogP contribution in [0.1, 0.15) is 83.1 Å². The molecule has 0 aliphatic rings. The van der Waals surface area contributed by atoms with Gasteiger partial charge in [0, 0.05) is 0 Å². The van der Waals surface area contributed by atoms with Crippen molar-refractivity contribution in [3.63, 3.8) is 0 Å². The second kappa shape index (κ2) is 26.9. The lowest BCUT2D eigenvalue weighted by molar-refractivity contribution is 0.736. The van der Waals surface area contributed by atoms with Crippen molar-refractivity contribution in [3.05, 3.63) is 97.1 Å². The zero-order valence-electron chi connectivity index (χ0n) is 24.5. The molecule has 3 rings (SSSR count). The molecule has 0 aliphatic carbocycles. The molecule has 0 bridgehead atoms. The van der Waals surface area contributed by atoms with E-state index in [0.29, 0.717) is 0 Å². The second-order valence-electron chi connectivity index (χ2n) is 10.8. The molecule has 0 saturated heterocycles. The molecular formula is C34H56. The lowest BCUT2D eigenvalue weighted by Gasteiger charge is -1.98. The van der Waals surface area contributed by atoms with Crippen LogP contribution in [0, 0.1) is 23.7 Å². The molecule has 0 N–H and O–H groups in total. The SMILES string of the molecule is CC(C)C.CC(C)C.CC(C)C.CC(C)C.c1ccc(-c2ccccc2)cc1.c1ccccc1. The first-order valence-corrected chi connectivity index (χ1v) is 13.0. The van der Waals surface area contributed by atoms with E-state index in [4.69, 9.17) is 0 Å². The first-order chi connectivity index (χ1) is 15.9. The fourth-order valence-corrected chi connectivity index (χ4v) is 1.65. The molecule has 0 unspecified atom stereocenters. The second-order valence-corrected chi connectivity index (χ2v) is 10.8. The molecule has 0 spiro atoms. The van der Waals surface area contributed by atoms with Crippen molar-refractivity contribution >= 4 is 0 Å². The van der Waals surface area contributed by atoms with Crippen LogP contribution in [0.4, 0.5) is 0 Å². The molecule has 0 heterocycles. The third kappa shape index (κ3) is 43.5. The fourth-order valence-electron chi connectivity index (χ4n) is 1.65. The normalized spacial score (nSPS) is 9.06. The molecule has 0 saturated carbocycles. The predicted molar refractivity (Wildman–Crippen MR) is 160 cm³/mol. The largest absolute Gasteiger partial charge is 0.0630 e. The third-order valence-corrected chi connectivity index (χ3v) is 2.55. The summed E-state index contributed by atoms with van der Waals surface area (Å²) < 4.78 is 0. The van der Waals surface area contributed by atoms with Gasteiger partial charge in [-0.2, -0.15) is 0 Å². The van der Waals surface area contributed by atoms with E-state index in [1.54, 1.807) is 0 Å². The van der Waals surface area contributed by atoms with Gasteiger partial charge in [0.15, 0.2) is 0 Å². The summed E-state index contributed by atoms with van der Waals surface area (Å²) in [5.74, 6) is 3.33. The summed E-state index contributed by atoms with van der Waals surface area (Å²) in [6.07, 6.45) is 0. The number of rotatable bonds is 1. The van der Waals surface area contributed by atoms with E-state index in [2.05, 4.69) is 132 Å². The number of benzene rings is 3. The Hall–Kier alpha value is -2.34. The molecule has 0 radical (unpaired) electrons. The molecule has 0 fully saturated rings. The zero-order valence-corrected chi connectivity index (χ0v) is 24.5. The Morgan fingerprint density at radius 3 is 0.529 bits per heavy atom. The van der Waals surface area contributed by atoms with Gasteiger partial charge >= 0.3 is 0 Å². The van der Waals surface area contributed by atoms with Crippen LogP contribution in [0.5, 0.6) is 0 Å². The molecule has 0 amide bonds. The molecule has 192 valence electrons. The molecule has 0 heteroatoms. The zero-order chi connectivity index (χ0) is 26.8. The third-order valence-electron chi connectivity index (χ3n) is 2.55.